The molecule has 0 aromatic carbocycles. The standard InChI is InChI=1S/C12H20N2O/c1-8(2)11-10(14-12(13)15-11)9-6-4-3-5-7-9/h8-9H,3-7H2,1-2H3,(H2,13,14). The first-order valence-electron chi connectivity index (χ1n) is 5.94. The summed E-state index contributed by atoms with van der Waals surface area (Å²) in [6, 6.07) is 0.333. The molecule has 0 radical (unpaired) electrons. The zero-order chi connectivity index (χ0) is 10.8. The average Bonchev–Trinajstić information content (AvgIpc) is 2.62. The molecule has 0 spiro atoms. The number of aromatic nitrogens is 1. The van der Waals surface area contributed by atoms with Gasteiger partial charge in [0.15, 0.2) is 0 Å². The van der Waals surface area contributed by atoms with Crippen LogP contribution in [0.25, 0.3) is 0 Å². The van der Waals surface area contributed by atoms with E-state index in [2.05, 4.69) is 18.8 Å². The van der Waals surface area contributed by atoms with Gasteiger partial charge in [-0.3, -0.25) is 0 Å². The number of nitrogens with zero attached hydrogens (tertiary/aromatic N) is 1. The lowest BCUT2D eigenvalue weighted by Gasteiger charge is -2.20. The number of anilines is 1. The number of nitrogen functional groups attached to an aromatic ring is 1. The van der Waals surface area contributed by atoms with Crippen molar-refractivity contribution in [3.05, 3.63) is 11.5 Å². The Morgan fingerprint density at radius 1 is 1.27 bits per heavy atom. The monoisotopic (exact) mass is 208 g/mol. The molecule has 3 nitrogen and oxygen atoms in total. The highest BCUT2D eigenvalue weighted by atomic mass is 16.4. The number of nitrogens with two attached hydrogens (primary N) is 1. The molecule has 0 bridgehead atoms. The van der Waals surface area contributed by atoms with Crippen molar-refractivity contribution in [2.75, 3.05) is 5.73 Å². The van der Waals surface area contributed by atoms with Crippen molar-refractivity contribution in [3.63, 3.8) is 0 Å². The first kappa shape index (κ1) is 10.5. The summed E-state index contributed by atoms with van der Waals surface area (Å²) in [5, 5.41) is 0. The van der Waals surface area contributed by atoms with Gasteiger partial charge in [-0.25, -0.2) is 0 Å². The summed E-state index contributed by atoms with van der Waals surface area (Å²) in [5.41, 5.74) is 6.77. The number of rotatable bonds is 2. The molecule has 0 amide bonds. The highest BCUT2D eigenvalue weighted by Gasteiger charge is 2.24. The fourth-order valence-electron chi connectivity index (χ4n) is 2.44. The fourth-order valence-corrected chi connectivity index (χ4v) is 2.44. The fraction of sp³-hybridized carbons (Fsp3) is 0.750. The lowest BCUT2D eigenvalue weighted by molar-refractivity contribution is 0.423. The Labute approximate surface area is 91.1 Å². The predicted molar refractivity (Wildman–Crippen MR) is 60.8 cm³/mol. The summed E-state index contributed by atoms with van der Waals surface area (Å²) in [7, 11) is 0. The van der Waals surface area contributed by atoms with Crippen LogP contribution in [-0.2, 0) is 0 Å². The van der Waals surface area contributed by atoms with Gasteiger partial charge in [-0.1, -0.05) is 33.1 Å². The van der Waals surface area contributed by atoms with Gasteiger partial charge in [0, 0.05) is 11.8 Å². The summed E-state index contributed by atoms with van der Waals surface area (Å²) < 4.78 is 5.50. The maximum Gasteiger partial charge on any atom is 0.292 e. The summed E-state index contributed by atoms with van der Waals surface area (Å²) >= 11 is 0. The van der Waals surface area contributed by atoms with Gasteiger partial charge in [0.2, 0.25) is 0 Å². The van der Waals surface area contributed by atoms with E-state index in [1.165, 1.54) is 32.1 Å². The summed E-state index contributed by atoms with van der Waals surface area (Å²) in [6.45, 7) is 4.26. The Balaban J connectivity index is 2.25. The topological polar surface area (TPSA) is 52.0 Å². The van der Waals surface area contributed by atoms with Crippen LogP contribution in [0.5, 0.6) is 0 Å². The molecule has 1 aliphatic rings. The SMILES string of the molecule is CC(C)c1oc(N)nc1C1CCCCC1. The molecule has 3 heteroatoms. The van der Waals surface area contributed by atoms with Crippen molar-refractivity contribution in [3.8, 4) is 0 Å². The Morgan fingerprint density at radius 2 is 1.93 bits per heavy atom. The van der Waals surface area contributed by atoms with Crippen molar-refractivity contribution in [1.29, 1.82) is 0 Å². The van der Waals surface area contributed by atoms with Crippen LogP contribution in [0.15, 0.2) is 4.42 Å². The van der Waals surface area contributed by atoms with Crippen molar-refractivity contribution in [1.82, 2.24) is 4.98 Å². The van der Waals surface area contributed by atoms with E-state index in [4.69, 9.17) is 10.2 Å². The van der Waals surface area contributed by atoms with E-state index in [-0.39, 0.29) is 0 Å². The van der Waals surface area contributed by atoms with Gasteiger partial charge in [-0.05, 0) is 12.8 Å². The van der Waals surface area contributed by atoms with E-state index in [9.17, 15) is 0 Å². The predicted octanol–water partition coefficient (Wildman–Crippen LogP) is 3.43. The van der Waals surface area contributed by atoms with Crippen molar-refractivity contribution >= 4 is 6.01 Å². The van der Waals surface area contributed by atoms with Gasteiger partial charge in [-0.2, -0.15) is 4.98 Å². The molecule has 15 heavy (non-hydrogen) atoms. The van der Waals surface area contributed by atoms with E-state index in [1.54, 1.807) is 0 Å². The highest BCUT2D eigenvalue weighted by Crippen LogP contribution is 2.36. The largest absolute Gasteiger partial charge is 0.428 e. The van der Waals surface area contributed by atoms with Crippen LogP contribution in [0.4, 0.5) is 6.01 Å². The average molecular weight is 208 g/mol. The third kappa shape index (κ3) is 2.16. The van der Waals surface area contributed by atoms with Crippen molar-refractivity contribution < 1.29 is 4.42 Å². The van der Waals surface area contributed by atoms with Crippen LogP contribution in [-0.4, -0.2) is 4.98 Å². The molecule has 0 unspecified atom stereocenters. The van der Waals surface area contributed by atoms with Crippen LogP contribution in [0, 0.1) is 0 Å². The zero-order valence-corrected chi connectivity index (χ0v) is 9.62. The molecule has 1 aromatic rings. The van der Waals surface area contributed by atoms with Gasteiger partial charge < -0.3 is 10.2 Å². The number of oxazole rings is 1. The van der Waals surface area contributed by atoms with Crippen LogP contribution in [0.1, 0.15) is 69.2 Å². The summed E-state index contributed by atoms with van der Waals surface area (Å²) in [5.74, 6) is 1.96. The van der Waals surface area contributed by atoms with Crippen LogP contribution in [0.2, 0.25) is 0 Å². The second-order valence-electron chi connectivity index (χ2n) is 4.79. The second-order valence-corrected chi connectivity index (χ2v) is 4.79. The normalized spacial score (nSPS) is 18.6. The Kier molecular flexibility index (Phi) is 2.98. The molecular formula is C12H20N2O. The lowest BCUT2D eigenvalue weighted by atomic mass is 9.85. The Hall–Kier alpha value is -0.990. The van der Waals surface area contributed by atoms with Crippen molar-refractivity contribution in [2.24, 2.45) is 0 Å². The number of hydrogen-bond donors (Lipinski definition) is 1. The van der Waals surface area contributed by atoms with E-state index in [1.807, 2.05) is 0 Å². The van der Waals surface area contributed by atoms with Gasteiger partial charge >= 0.3 is 0 Å². The van der Waals surface area contributed by atoms with E-state index < -0.39 is 0 Å². The first-order chi connectivity index (χ1) is 7.18. The third-order valence-corrected chi connectivity index (χ3v) is 3.21. The zero-order valence-electron chi connectivity index (χ0n) is 9.62. The quantitative estimate of drug-likeness (QED) is 0.810. The van der Waals surface area contributed by atoms with Crippen LogP contribution < -0.4 is 5.73 Å². The minimum atomic E-state index is 0.333. The molecule has 0 atom stereocenters. The highest BCUT2D eigenvalue weighted by molar-refractivity contribution is 5.25. The van der Waals surface area contributed by atoms with Gasteiger partial charge in [0.1, 0.15) is 5.76 Å². The third-order valence-electron chi connectivity index (χ3n) is 3.21. The molecule has 1 aromatic heterocycles. The smallest absolute Gasteiger partial charge is 0.292 e. The van der Waals surface area contributed by atoms with Gasteiger partial charge in [-0.15, -0.1) is 0 Å². The Morgan fingerprint density at radius 3 is 2.53 bits per heavy atom. The van der Waals surface area contributed by atoms with E-state index in [0.29, 0.717) is 17.9 Å². The van der Waals surface area contributed by atoms with E-state index >= 15 is 0 Å². The molecular weight excluding hydrogens is 188 g/mol. The maximum atomic E-state index is 5.65. The minimum absolute atomic E-state index is 0.333. The maximum absolute atomic E-state index is 5.65. The van der Waals surface area contributed by atoms with Gasteiger partial charge in [0.25, 0.3) is 6.01 Å². The van der Waals surface area contributed by atoms with Crippen LogP contribution >= 0.6 is 0 Å². The summed E-state index contributed by atoms with van der Waals surface area (Å²) in [6.07, 6.45) is 6.47. The molecule has 2 N–H and O–H groups in total. The summed E-state index contributed by atoms with van der Waals surface area (Å²) in [4.78, 5) is 4.37. The first-order valence-corrected chi connectivity index (χ1v) is 5.94. The van der Waals surface area contributed by atoms with Crippen LogP contribution in [0.3, 0.4) is 0 Å². The molecule has 1 saturated carbocycles. The van der Waals surface area contributed by atoms with Crippen molar-refractivity contribution in [2.45, 2.75) is 57.8 Å². The molecule has 0 aliphatic heterocycles. The molecule has 2 rings (SSSR count). The Bertz CT molecular complexity index is 324. The van der Waals surface area contributed by atoms with Gasteiger partial charge in [0.05, 0.1) is 5.69 Å². The van der Waals surface area contributed by atoms with E-state index in [0.717, 1.165) is 11.5 Å². The minimum Gasteiger partial charge on any atom is -0.428 e. The molecule has 84 valence electrons. The lowest BCUT2D eigenvalue weighted by Crippen LogP contribution is -2.07. The molecule has 1 heterocycles. The second kappa shape index (κ2) is 4.25. The molecule has 0 saturated heterocycles. The molecule has 1 fully saturated rings. The number of hydrogen-bond acceptors (Lipinski definition) is 3. The molecule has 1 aliphatic carbocycles.